The van der Waals surface area contributed by atoms with E-state index in [1.165, 1.54) is 12.1 Å². The Hall–Kier alpha value is -1.11. The fraction of sp³-hybridized carbons (Fsp3) is 0.571. The largest absolute Gasteiger partial charge is 0.416 e. The molecule has 1 aromatic rings. The Bertz CT molecular complexity index is 460. The van der Waals surface area contributed by atoms with Gasteiger partial charge in [-0.3, -0.25) is 0 Å². The van der Waals surface area contributed by atoms with Crippen LogP contribution in [-0.4, -0.2) is 25.0 Å². The highest BCUT2D eigenvalue weighted by molar-refractivity contribution is 5.29. The molecule has 1 N–H and O–H groups in total. The number of nitrogens with one attached hydrogen (secondary N) is 1. The molecule has 1 saturated heterocycles. The number of halogens is 3. The van der Waals surface area contributed by atoms with Crippen molar-refractivity contribution in [2.75, 3.05) is 13.2 Å². The SMILES string of the molecule is CC1(C)OCC(CNCc2ccccc2C(F)(F)F)O1. The zero-order valence-corrected chi connectivity index (χ0v) is 11.5. The summed E-state index contributed by atoms with van der Waals surface area (Å²) in [5, 5.41) is 2.99. The van der Waals surface area contributed by atoms with Gasteiger partial charge in [0.05, 0.1) is 18.3 Å². The molecule has 0 spiro atoms. The van der Waals surface area contributed by atoms with E-state index in [4.69, 9.17) is 9.47 Å². The highest BCUT2D eigenvalue weighted by atomic mass is 19.4. The van der Waals surface area contributed by atoms with Gasteiger partial charge in [0.1, 0.15) is 0 Å². The monoisotopic (exact) mass is 289 g/mol. The molecule has 1 heterocycles. The molecule has 6 heteroatoms. The second-order valence-electron chi connectivity index (χ2n) is 5.24. The first-order chi connectivity index (χ1) is 9.28. The van der Waals surface area contributed by atoms with Crippen LogP contribution in [0.5, 0.6) is 0 Å². The van der Waals surface area contributed by atoms with Crippen LogP contribution in [0.2, 0.25) is 0 Å². The quantitative estimate of drug-likeness (QED) is 0.924. The van der Waals surface area contributed by atoms with E-state index in [0.29, 0.717) is 13.2 Å². The summed E-state index contributed by atoms with van der Waals surface area (Å²) < 4.78 is 49.4. The molecule has 2 rings (SSSR count). The number of alkyl halides is 3. The van der Waals surface area contributed by atoms with E-state index in [-0.39, 0.29) is 18.2 Å². The van der Waals surface area contributed by atoms with Crippen LogP contribution in [-0.2, 0) is 22.2 Å². The molecule has 1 fully saturated rings. The average Bonchev–Trinajstić information content (AvgIpc) is 2.68. The van der Waals surface area contributed by atoms with Gasteiger partial charge in [-0.2, -0.15) is 13.2 Å². The first-order valence-corrected chi connectivity index (χ1v) is 6.45. The third-order valence-electron chi connectivity index (χ3n) is 3.08. The second kappa shape index (κ2) is 5.71. The summed E-state index contributed by atoms with van der Waals surface area (Å²) in [5.74, 6) is -0.615. The maximum Gasteiger partial charge on any atom is 0.416 e. The number of ether oxygens (including phenoxy) is 2. The highest BCUT2D eigenvalue weighted by Crippen LogP contribution is 2.31. The highest BCUT2D eigenvalue weighted by Gasteiger charge is 2.34. The van der Waals surface area contributed by atoms with E-state index in [9.17, 15) is 13.2 Å². The smallest absolute Gasteiger partial charge is 0.348 e. The summed E-state index contributed by atoms with van der Waals surface area (Å²) >= 11 is 0. The lowest BCUT2D eigenvalue weighted by Crippen LogP contribution is -2.30. The molecule has 1 aliphatic rings. The van der Waals surface area contributed by atoms with Crippen molar-refractivity contribution in [3.8, 4) is 0 Å². The van der Waals surface area contributed by atoms with E-state index in [2.05, 4.69) is 5.32 Å². The van der Waals surface area contributed by atoms with Crippen molar-refractivity contribution in [2.24, 2.45) is 0 Å². The molecule has 1 aromatic carbocycles. The molecule has 1 atom stereocenters. The maximum absolute atomic E-state index is 12.8. The lowest BCUT2D eigenvalue weighted by molar-refractivity contribution is -0.138. The molecular formula is C14H18F3NO2. The van der Waals surface area contributed by atoms with Gasteiger partial charge in [0, 0.05) is 13.1 Å². The molecule has 0 saturated carbocycles. The Labute approximate surface area is 116 Å². The van der Waals surface area contributed by atoms with Crippen LogP contribution in [0.1, 0.15) is 25.0 Å². The molecule has 3 nitrogen and oxygen atoms in total. The molecule has 0 bridgehead atoms. The van der Waals surface area contributed by atoms with Crippen molar-refractivity contribution in [3.05, 3.63) is 35.4 Å². The van der Waals surface area contributed by atoms with Crippen molar-refractivity contribution in [1.29, 1.82) is 0 Å². The van der Waals surface area contributed by atoms with E-state index < -0.39 is 17.5 Å². The molecule has 0 radical (unpaired) electrons. The van der Waals surface area contributed by atoms with Crippen LogP contribution in [0, 0.1) is 0 Å². The third-order valence-corrected chi connectivity index (χ3v) is 3.08. The number of hydrogen-bond donors (Lipinski definition) is 1. The topological polar surface area (TPSA) is 30.5 Å². The van der Waals surface area contributed by atoms with E-state index >= 15 is 0 Å². The molecule has 0 aromatic heterocycles. The van der Waals surface area contributed by atoms with E-state index in [1.807, 2.05) is 13.8 Å². The summed E-state index contributed by atoms with van der Waals surface area (Å²) in [7, 11) is 0. The minimum Gasteiger partial charge on any atom is -0.348 e. The van der Waals surface area contributed by atoms with Crippen LogP contribution < -0.4 is 5.32 Å². The van der Waals surface area contributed by atoms with Gasteiger partial charge >= 0.3 is 6.18 Å². The summed E-state index contributed by atoms with van der Waals surface area (Å²) in [6, 6.07) is 5.56. The van der Waals surface area contributed by atoms with Gasteiger partial charge in [-0.25, -0.2) is 0 Å². The summed E-state index contributed by atoms with van der Waals surface area (Å²) in [5.41, 5.74) is -0.366. The number of hydrogen-bond acceptors (Lipinski definition) is 3. The van der Waals surface area contributed by atoms with Crippen LogP contribution >= 0.6 is 0 Å². The molecule has 20 heavy (non-hydrogen) atoms. The Morgan fingerprint density at radius 2 is 2.00 bits per heavy atom. The lowest BCUT2D eigenvalue weighted by Gasteiger charge is -2.18. The van der Waals surface area contributed by atoms with E-state index in [0.717, 1.165) is 6.07 Å². The van der Waals surface area contributed by atoms with Crippen molar-refractivity contribution < 1.29 is 22.6 Å². The molecule has 0 aliphatic carbocycles. The third kappa shape index (κ3) is 3.94. The van der Waals surface area contributed by atoms with Crippen LogP contribution in [0.4, 0.5) is 13.2 Å². The van der Waals surface area contributed by atoms with Crippen molar-refractivity contribution in [1.82, 2.24) is 5.32 Å². The molecule has 1 unspecified atom stereocenters. The molecule has 0 amide bonds. The fourth-order valence-electron chi connectivity index (χ4n) is 2.18. The Balaban J connectivity index is 1.89. The Kier molecular flexibility index (Phi) is 4.36. The number of benzene rings is 1. The van der Waals surface area contributed by atoms with Gasteiger partial charge in [-0.1, -0.05) is 18.2 Å². The van der Waals surface area contributed by atoms with Gasteiger partial charge < -0.3 is 14.8 Å². The first kappa shape index (κ1) is 15.3. The summed E-state index contributed by atoms with van der Waals surface area (Å²) in [6.45, 7) is 4.67. The molecule has 112 valence electrons. The maximum atomic E-state index is 12.8. The predicted molar refractivity (Wildman–Crippen MR) is 68.1 cm³/mol. The zero-order chi connectivity index (χ0) is 14.8. The first-order valence-electron chi connectivity index (χ1n) is 6.45. The van der Waals surface area contributed by atoms with Crippen molar-refractivity contribution >= 4 is 0 Å². The molecule has 1 aliphatic heterocycles. The van der Waals surface area contributed by atoms with Gasteiger partial charge in [-0.05, 0) is 25.5 Å². The fourth-order valence-corrected chi connectivity index (χ4v) is 2.18. The zero-order valence-electron chi connectivity index (χ0n) is 11.5. The number of rotatable bonds is 4. The minimum absolute atomic E-state index is 0.136. The minimum atomic E-state index is -4.33. The second-order valence-corrected chi connectivity index (χ2v) is 5.24. The van der Waals surface area contributed by atoms with Gasteiger partial charge in [0.15, 0.2) is 5.79 Å². The van der Waals surface area contributed by atoms with Crippen LogP contribution in [0.25, 0.3) is 0 Å². The van der Waals surface area contributed by atoms with Crippen LogP contribution in [0.3, 0.4) is 0 Å². The standard InChI is InChI=1S/C14H18F3NO2/c1-13(2)19-9-11(20-13)8-18-7-10-5-3-4-6-12(10)14(15,16)17/h3-6,11,18H,7-9H2,1-2H3. The predicted octanol–water partition coefficient (Wildman–Crippen LogP) is 2.95. The summed E-state index contributed by atoms with van der Waals surface area (Å²) in [6.07, 6.45) is -4.46. The molecular weight excluding hydrogens is 271 g/mol. The average molecular weight is 289 g/mol. The summed E-state index contributed by atoms with van der Waals surface area (Å²) in [4.78, 5) is 0. The normalized spacial score (nSPS) is 22.1. The van der Waals surface area contributed by atoms with Crippen molar-refractivity contribution in [2.45, 2.75) is 38.5 Å². The van der Waals surface area contributed by atoms with Gasteiger partial charge in [-0.15, -0.1) is 0 Å². The van der Waals surface area contributed by atoms with Crippen LogP contribution in [0.15, 0.2) is 24.3 Å². The Morgan fingerprint density at radius 3 is 2.60 bits per heavy atom. The lowest BCUT2D eigenvalue weighted by atomic mass is 10.1. The Morgan fingerprint density at radius 1 is 1.30 bits per heavy atom. The van der Waals surface area contributed by atoms with E-state index in [1.54, 1.807) is 6.07 Å². The van der Waals surface area contributed by atoms with Gasteiger partial charge in [0.25, 0.3) is 0 Å². The van der Waals surface area contributed by atoms with Gasteiger partial charge in [0.2, 0.25) is 0 Å². The van der Waals surface area contributed by atoms with Crippen molar-refractivity contribution in [3.63, 3.8) is 0 Å².